The molecular weight excluding hydrogens is 421 g/mol. The van der Waals surface area contributed by atoms with E-state index in [9.17, 15) is 0 Å². The van der Waals surface area contributed by atoms with Gasteiger partial charge in [0, 0.05) is 11.6 Å². The summed E-state index contributed by atoms with van der Waals surface area (Å²) in [5.74, 6) is -0.128. The zero-order chi connectivity index (χ0) is 23.8. The first kappa shape index (κ1) is 23.4. The van der Waals surface area contributed by atoms with E-state index >= 15 is 4.39 Å². The van der Waals surface area contributed by atoms with Crippen molar-refractivity contribution < 1.29 is 8.96 Å². The maximum absolute atomic E-state index is 15.4. The van der Waals surface area contributed by atoms with Crippen LogP contribution >= 0.6 is 0 Å². The van der Waals surface area contributed by atoms with Crippen molar-refractivity contribution in [3.8, 4) is 22.4 Å². The second-order valence-corrected chi connectivity index (χ2v) is 14.6. The van der Waals surface area contributed by atoms with Crippen molar-refractivity contribution >= 4 is 24.0 Å². The van der Waals surface area contributed by atoms with Gasteiger partial charge < -0.3 is 0 Å². The average molecular weight is 457 g/mol. The second kappa shape index (κ2) is 9.22. The number of aryl methyl sites for hydroxylation is 1. The van der Waals surface area contributed by atoms with Crippen molar-refractivity contribution in [2.45, 2.75) is 52.8 Å². The number of nitrogens with zero attached hydrogens (tertiary/aromatic N) is 1. The molecule has 4 rings (SSSR count). The Bertz CT molecular complexity index is 1300. The Morgan fingerprint density at radius 3 is 2.09 bits per heavy atom. The van der Waals surface area contributed by atoms with Gasteiger partial charge in [-0.25, -0.2) is 8.96 Å². The number of halogens is 1. The van der Waals surface area contributed by atoms with E-state index in [2.05, 4.69) is 62.8 Å². The summed E-state index contributed by atoms with van der Waals surface area (Å²) < 4.78 is 17.5. The number of fused-ring (bicyclic) bond motifs is 1. The molecule has 1 nitrogen and oxygen atoms in total. The standard InChI is InChI=1S/C30H35FNSi/c1-7-33(8-2,9-3)25-15-16-26-24(19-25)17-18-32(6)30(26)27-20-28(23-13-11-10-12-14-23)29(31)22(5)21(27)4/h10-20H,7-9H2,1-6H3/q+1. The molecule has 0 atom stereocenters. The van der Waals surface area contributed by atoms with Crippen LogP contribution in [0.3, 0.4) is 0 Å². The van der Waals surface area contributed by atoms with Gasteiger partial charge in [0.25, 0.3) is 0 Å². The SMILES string of the molecule is CC[Si](CC)(CC)c1ccc2c(-c3cc(-c4ccccc4)c(F)c(C)c3C)[n+](C)ccc2c1. The van der Waals surface area contributed by atoms with E-state index in [1.165, 1.54) is 28.9 Å². The van der Waals surface area contributed by atoms with Crippen molar-refractivity contribution in [2.24, 2.45) is 7.05 Å². The molecule has 0 saturated heterocycles. The van der Waals surface area contributed by atoms with Gasteiger partial charge in [-0.1, -0.05) is 86.6 Å². The molecule has 0 amide bonds. The predicted octanol–water partition coefficient (Wildman–Crippen LogP) is 7.47. The van der Waals surface area contributed by atoms with E-state index in [-0.39, 0.29) is 5.82 Å². The van der Waals surface area contributed by atoms with Crippen molar-refractivity contribution in [2.75, 3.05) is 0 Å². The van der Waals surface area contributed by atoms with E-state index in [4.69, 9.17) is 0 Å². The Kier molecular flexibility index (Phi) is 6.53. The maximum atomic E-state index is 15.4. The third-order valence-corrected chi connectivity index (χ3v) is 13.5. The summed E-state index contributed by atoms with van der Waals surface area (Å²) in [4.78, 5) is 0. The second-order valence-electron chi connectivity index (χ2n) is 9.32. The lowest BCUT2D eigenvalue weighted by Crippen LogP contribution is -2.45. The fourth-order valence-electron chi connectivity index (χ4n) is 5.36. The maximum Gasteiger partial charge on any atom is 0.220 e. The van der Waals surface area contributed by atoms with Crippen LogP contribution in [-0.4, -0.2) is 8.07 Å². The molecule has 0 aliphatic rings. The Balaban J connectivity index is 1.99. The number of aromatic nitrogens is 1. The molecule has 1 aromatic heterocycles. The Hall–Kier alpha value is -2.78. The Morgan fingerprint density at radius 1 is 0.788 bits per heavy atom. The molecule has 0 aliphatic heterocycles. The van der Waals surface area contributed by atoms with Gasteiger partial charge in [0.2, 0.25) is 5.69 Å². The molecular formula is C30H35FNSi+. The average Bonchev–Trinajstić information content (AvgIpc) is 2.85. The van der Waals surface area contributed by atoms with E-state index in [1.807, 2.05) is 50.2 Å². The minimum Gasteiger partial charge on any atom is -0.206 e. The summed E-state index contributed by atoms with van der Waals surface area (Å²) in [6, 6.07) is 25.1. The molecule has 0 bridgehead atoms. The summed E-state index contributed by atoms with van der Waals surface area (Å²) >= 11 is 0. The van der Waals surface area contributed by atoms with Crippen LogP contribution in [0.1, 0.15) is 31.9 Å². The number of hydrogen-bond acceptors (Lipinski definition) is 0. The summed E-state index contributed by atoms with van der Waals surface area (Å²) in [5, 5.41) is 4.05. The first-order valence-corrected chi connectivity index (χ1v) is 14.8. The van der Waals surface area contributed by atoms with Gasteiger partial charge in [-0.2, -0.15) is 0 Å². The Morgan fingerprint density at radius 2 is 1.45 bits per heavy atom. The highest BCUT2D eigenvalue weighted by Gasteiger charge is 2.30. The van der Waals surface area contributed by atoms with Gasteiger partial charge in [0.05, 0.1) is 19.0 Å². The number of pyridine rings is 1. The number of hydrogen-bond donors (Lipinski definition) is 0. The summed E-state index contributed by atoms with van der Waals surface area (Å²) in [7, 11) is 0.632. The molecule has 0 saturated carbocycles. The molecule has 3 aromatic carbocycles. The highest BCUT2D eigenvalue weighted by Crippen LogP contribution is 2.36. The lowest BCUT2D eigenvalue weighted by atomic mass is 9.91. The quantitative estimate of drug-likeness (QED) is 0.209. The molecule has 0 N–H and O–H groups in total. The first-order chi connectivity index (χ1) is 15.9. The lowest BCUT2D eigenvalue weighted by molar-refractivity contribution is -0.659. The van der Waals surface area contributed by atoms with Crippen LogP contribution in [0.4, 0.5) is 4.39 Å². The van der Waals surface area contributed by atoms with Gasteiger partial charge in [-0.15, -0.1) is 0 Å². The van der Waals surface area contributed by atoms with Crippen LogP contribution in [0, 0.1) is 19.7 Å². The van der Waals surface area contributed by atoms with Crippen LogP contribution in [0.5, 0.6) is 0 Å². The largest absolute Gasteiger partial charge is 0.220 e. The van der Waals surface area contributed by atoms with Crippen LogP contribution in [0.15, 0.2) is 66.9 Å². The monoisotopic (exact) mass is 456 g/mol. The van der Waals surface area contributed by atoms with Gasteiger partial charge in [-0.05, 0) is 48.1 Å². The smallest absolute Gasteiger partial charge is 0.206 e. The molecule has 170 valence electrons. The van der Waals surface area contributed by atoms with Gasteiger partial charge in [-0.3, -0.25) is 0 Å². The third kappa shape index (κ3) is 3.93. The lowest BCUT2D eigenvalue weighted by Gasteiger charge is -2.29. The minimum atomic E-state index is -1.46. The Labute approximate surface area is 198 Å². The van der Waals surface area contributed by atoms with Crippen LogP contribution in [-0.2, 0) is 7.05 Å². The first-order valence-electron chi connectivity index (χ1n) is 12.1. The van der Waals surface area contributed by atoms with Crippen molar-refractivity contribution in [3.05, 3.63) is 83.8 Å². The van der Waals surface area contributed by atoms with Gasteiger partial charge >= 0.3 is 0 Å². The topological polar surface area (TPSA) is 3.88 Å². The van der Waals surface area contributed by atoms with Crippen molar-refractivity contribution in [1.82, 2.24) is 0 Å². The molecule has 33 heavy (non-hydrogen) atoms. The molecule has 0 radical (unpaired) electrons. The molecule has 0 unspecified atom stereocenters. The number of benzene rings is 3. The molecule has 0 aliphatic carbocycles. The fraction of sp³-hybridized carbons (Fsp3) is 0.300. The zero-order valence-electron chi connectivity index (χ0n) is 20.8. The van der Waals surface area contributed by atoms with Gasteiger partial charge in [0.1, 0.15) is 12.9 Å². The van der Waals surface area contributed by atoms with Crippen molar-refractivity contribution in [1.29, 1.82) is 0 Å². The zero-order valence-corrected chi connectivity index (χ0v) is 21.8. The van der Waals surface area contributed by atoms with Crippen LogP contribution in [0.25, 0.3) is 33.2 Å². The van der Waals surface area contributed by atoms with Crippen LogP contribution < -0.4 is 9.75 Å². The normalized spacial score (nSPS) is 11.8. The summed E-state index contributed by atoms with van der Waals surface area (Å²) in [6.07, 6.45) is 2.15. The summed E-state index contributed by atoms with van der Waals surface area (Å²) in [5.41, 5.74) is 5.53. The minimum absolute atomic E-state index is 0.128. The number of rotatable bonds is 6. The summed E-state index contributed by atoms with van der Waals surface area (Å²) in [6.45, 7) is 11.0. The molecule has 3 heteroatoms. The van der Waals surface area contributed by atoms with E-state index < -0.39 is 8.07 Å². The molecule has 0 spiro atoms. The molecule has 1 heterocycles. The van der Waals surface area contributed by atoms with E-state index in [0.29, 0.717) is 11.1 Å². The molecule has 4 aromatic rings. The van der Waals surface area contributed by atoms with E-state index in [0.717, 1.165) is 22.4 Å². The molecule has 0 fully saturated rings. The van der Waals surface area contributed by atoms with E-state index in [1.54, 1.807) is 5.19 Å². The highest BCUT2D eigenvalue weighted by atomic mass is 28.3. The fourth-order valence-corrected chi connectivity index (χ4v) is 8.98. The predicted molar refractivity (Wildman–Crippen MR) is 142 cm³/mol. The van der Waals surface area contributed by atoms with Gasteiger partial charge in [0.15, 0.2) is 6.20 Å². The highest BCUT2D eigenvalue weighted by molar-refractivity contribution is 6.91. The van der Waals surface area contributed by atoms with Crippen LogP contribution in [0.2, 0.25) is 18.1 Å². The van der Waals surface area contributed by atoms with Crippen molar-refractivity contribution in [3.63, 3.8) is 0 Å². The third-order valence-electron chi connectivity index (χ3n) is 7.94.